The van der Waals surface area contributed by atoms with E-state index >= 15 is 0 Å². The van der Waals surface area contributed by atoms with E-state index in [0.717, 1.165) is 12.2 Å². The minimum Gasteiger partial charge on any atom is -0.355 e. The number of pyridine rings is 1. The Labute approximate surface area is 144 Å². The third-order valence-corrected chi connectivity index (χ3v) is 3.47. The van der Waals surface area contributed by atoms with Crippen LogP contribution in [0.5, 0.6) is 0 Å². The zero-order valence-electron chi connectivity index (χ0n) is 15.2. The van der Waals surface area contributed by atoms with Gasteiger partial charge in [0.2, 0.25) is 11.8 Å². The summed E-state index contributed by atoms with van der Waals surface area (Å²) in [5, 5.41) is 8.87. The van der Waals surface area contributed by atoms with Gasteiger partial charge in [0.1, 0.15) is 0 Å². The monoisotopic (exact) mass is 334 g/mol. The van der Waals surface area contributed by atoms with Crippen molar-refractivity contribution in [3.8, 4) is 0 Å². The highest BCUT2D eigenvalue weighted by Gasteiger charge is 2.07. The molecule has 2 amide bonds. The number of nitrogens with one attached hydrogen (secondary N) is 3. The van der Waals surface area contributed by atoms with Gasteiger partial charge in [0.05, 0.1) is 11.9 Å². The van der Waals surface area contributed by atoms with Crippen LogP contribution in [-0.4, -0.2) is 35.9 Å². The molecule has 0 aliphatic carbocycles. The highest BCUT2D eigenvalue weighted by molar-refractivity contribution is 5.90. The Morgan fingerprint density at radius 1 is 1.04 bits per heavy atom. The van der Waals surface area contributed by atoms with Crippen molar-refractivity contribution in [2.24, 2.45) is 0 Å². The van der Waals surface area contributed by atoms with Crippen molar-refractivity contribution in [1.82, 2.24) is 15.6 Å². The van der Waals surface area contributed by atoms with Crippen molar-refractivity contribution < 1.29 is 9.59 Å². The molecule has 0 saturated carbocycles. The first-order valence-electron chi connectivity index (χ1n) is 8.64. The molecule has 24 heavy (non-hydrogen) atoms. The van der Waals surface area contributed by atoms with Gasteiger partial charge in [-0.1, -0.05) is 27.7 Å². The molecule has 0 aliphatic heterocycles. The summed E-state index contributed by atoms with van der Waals surface area (Å²) in [6.45, 7) is 9.63. The number of carbonyl (C=O) groups is 2. The predicted octanol–water partition coefficient (Wildman–Crippen LogP) is 2.43. The maximum absolute atomic E-state index is 11.9. The van der Waals surface area contributed by atoms with E-state index in [1.165, 1.54) is 0 Å². The van der Waals surface area contributed by atoms with Crippen molar-refractivity contribution in [3.63, 3.8) is 0 Å². The zero-order chi connectivity index (χ0) is 17.9. The van der Waals surface area contributed by atoms with E-state index in [-0.39, 0.29) is 11.8 Å². The number of nitrogens with zero attached hydrogens (tertiary/aromatic N) is 1. The van der Waals surface area contributed by atoms with E-state index in [1.54, 1.807) is 6.20 Å². The van der Waals surface area contributed by atoms with Gasteiger partial charge in [0.25, 0.3) is 0 Å². The summed E-state index contributed by atoms with van der Waals surface area (Å²) in [4.78, 5) is 27.8. The maximum atomic E-state index is 11.9. The largest absolute Gasteiger partial charge is 0.355 e. The highest BCUT2D eigenvalue weighted by atomic mass is 16.2. The van der Waals surface area contributed by atoms with Gasteiger partial charge in [0.15, 0.2) is 0 Å². The molecule has 1 aromatic heterocycles. The molecule has 1 rings (SSSR count). The molecule has 0 unspecified atom stereocenters. The van der Waals surface area contributed by atoms with Crippen molar-refractivity contribution in [2.75, 3.05) is 18.4 Å². The summed E-state index contributed by atoms with van der Waals surface area (Å²) in [5.41, 5.74) is 1.69. The number of carbonyl (C=O) groups excluding carboxylic acids is 2. The van der Waals surface area contributed by atoms with Crippen molar-refractivity contribution in [3.05, 3.63) is 24.0 Å². The van der Waals surface area contributed by atoms with Crippen LogP contribution in [-0.2, 0) is 9.59 Å². The smallest absolute Gasteiger partial charge is 0.224 e. The number of rotatable bonds is 10. The van der Waals surface area contributed by atoms with Gasteiger partial charge in [-0.05, 0) is 24.5 Å². The van der Waals surface area contributed by atoms with E-state index in [1.807, 2.05) is 12.1 Å². The first-order chi connectivity index (χ1) is 11.4. The molecule has 0 spiro atoms. The molecule has 6 heteroatoms. The van der Waals surface area contributed by atoms with Crippen LogP contribution in [0, 0.1) is 0 Å². The van der Waals surface area contributed by atoms with E-state index in [2.05, 4.69) is 48.6 Å². The lowest BCUT2D eigenvalue weighted by molar-refractivity contribution is -0.121. The van der Waals surface area contributed by atoms with Crippen LogP contribution < -0.4 is 16.0 Å². The second kappa shape index (κ2) is 10.8. The summed E-state index contributed by atoms with van der Waals surface area (Å²) in [6, 6.07) is 4.18. The molecule has 0 aliphatic rings. The Hall–Kier alpha value is -1.95. The highest BCUT2D eigenvalue weighted by Crippen LogP contribution is 2.14. The molecule has 0 atom stereocenters. The lowest BCUT2D eigenvalue weighted by Crippen LogP contribution is -2.34. The standard InChI is InChI=1S/C18H30N4O2/c1-13(2)16-9-8-15(12-21-16)22-18(24)7-5-6-17(23)20-11-10-19-14(3)4/h8-9,12-14,19H,5-7,10-11H2,1-4H3,(H,20,23)(H,22,24). The Bertz CT molecular complexity index is 512. The second-order valence-corrected chi connectivity index (χ2v) is 6.49. The second-order valence-electron chi connectivity index (χ2n) is 6.49. The average molecular weight is 334 g/mol. The summed E-state index contributed by atoms with van der Waals surface area (Å²) in [7, 11) is 0. The molecule has 1 heterocycles. The fraction of sp³-hybridized carbons (Fsp3) is 0.611. The fourth-order valence-electron chi connectivity index (χ4n) is 2.10. The maximum Gasteiger partial charge on any atom is 0.224 e. The Balaban J connectivity index is 2.18. The van der Waals surface area contributed by atoms with Crippen LogP contribution in [0.1, 0.15) is 58.6 Å². The molecule has 0 radical (unpaired) electrons. The zero-order valence-corrected chi connectivity index (χ0v) is 15.2. The van der Waals surface area contributed by atoms with Crippen LogP contribution in [0.15, 0.2) is 18.3 Å². The van der Waals surface area contributed by atoms with Crippen molar-refractivity contribution in [1.29, 1.82) is 0 Å². The van der Waals surface area contributed by atoms with Gasteiger partial charge in [0, 0.05) is 37.7 Å². The topological polar surface area (TPSA) is 83.1 Å². The first-order valence-corrected chi connectivity index (χ1v) is 8.64. The van der Waals surface area contributed by atoms with Crippen LogP contribution in [0.2, 0.25) is 0 Å². The average Bonchev–Trinajstić information content (AvgIpc) is 2.52. The van der Waals surface area contributed by atoms with E-state index in [4.69, 9.17) is 0 Å². The van der Waals surface area contributed by atoms with E-state index in [0.29, 0.717) is 43.5 Å². The minimum absolute atomic E-state index is 0.0173. The third kappa shape index (κ3) is 8.62. The Kier molecular flexibility index (Phi) is 9.01. The van der Waals surface area contributed by atoms with E-state index in [9.17, 15) is 9.59 Å². The van der Waals surface area contributed by atoms with Crippen molar-refractivity contribution in [2.45, 2.75) is 58.9 Å². The molecule has 3 N–H and O–H groups in total. The summed E-state index contributed by atoms with van der Waals surface area (Å²) in [5.74, 6) is 0.253. The molecular formula is C18H30N4O2. The van der Waals surface area contributed by atoms with Gasteiger partial charge < -0.3 is 16.0 Å². The molecule has 0 bridgehead atoms. The van der Waals surface area contributed by atoms with Crippen molar-refractivity contribution >= 4 is 17.5 Å². The lowest BCUT2D eigenvalue weighted by Gasteiger charge is -2.09. The molecule has 0 fully saturated rings. The molecule has 0 saturated heterocycles. The number of amides is 2. The van der Waals surface area contributed by atoms with Gasteiger partial charge in [-0.25, -0.2) is 0 Å². The van der Waals surface area contributed by atoms with Crippen LogP contribution in [0.3, 0.4) is 0 Å². The van der Waals surface area contributed by atoms with Gasteiger partial charge >= 0.3 is 0 Å². The fourth-order valence-corrected chi connectivity index (χ4v) is 2.10. The quantitative estimate of drug-likeness (QED) is 0.574. The SMILES string of the molecule is CC(C)NCCNC(=O)CCCC(=O)Nc1ccc(C(C)C)nc1. The number of hydrogen-bond donors (Lipinski definition) is 3. The van der Waals surface area contributed by atoms with Gasteiger partial charge in [-0.2, -0.15) is 0 Å². The minimum atomic E-state index is -0.0941. The summed E-state index contributed by atoms with van der Waals surface area (Å²) < 4.78 is 0. The Morgan fingerprint density at radius 2 is 1.75 bits per heavy atom. The number of hydrogen-bond acceptors (Lipinski definition) is 4. The lowest BCUT2D eigenvalue weighted by atomic mass is 10.1. The van der Waals surface area contributed by atoms with E-state index < -0.39 is 0 Å². The number of aromatic nitrogens is 1. The first kappa shape index (κ1) is 20.1. The molecule has 0 aromatic carbocycles. The molecule has 1 aromatic rings. The number of anilines is 1. The molecule has 6 nitrogen and oxygen atoms in total. The normalized spacial score (nSPS) is 10.9. The van der Waals surface area contributed by atoms with Crippen LogP contribution >= 0.6 is 0 Å². The van der Waals surface area contributed by atoms with Crippen LogP contribution in [0.25, 0.3) is 0 Å². The Morgan fingerprint density at radius 3 is 2.33 bits per heavy atom. The molecular weight excluding hydrogens is 304 g/mol. The predicted molar refractivity (Wildman–Crippen MR) is 97.0 cm³/mol. The van der Waals surface area contributed by atoms with Gasteiger partial charge in [-0.15, -0.1) is 0 Å². The third-order valence-electron chi connectivity index (χ3n) is 3.47. The summed E-state index contributed by atoms with van der Waals surface area (Å²) >= 11 is 0. The summed E-state index contributed by atoms with van der Waals surface area (Å²) in [6.07, 6.45) is 2.89. The van der Waals surface area contributed by atoms with Crippen LogP contribution in [0.4, 0.5) is 5.69 Å². The van der Waals surface area contributed by atoms with Gasteiger partial charge in [-0.3, -0.25) is 14.6 Å². The molecule has 134 valence electrons.